The Kier molecular flexibility index (Phi) is 2.88. The van der Waals surface area contributed by atoms with Gasteiger partial charge in [-0.15, -0.1) is 0 Å². The van der Waals surface area contributed by atoms with E-state index in [0.717, 1.165) is 16.3 Å². The van der Waals surface area contributed by atoms with Crippen LogP contribution in [0, 0.1) is 11.3 Å². The Hall–Kier alpha value is -2.79. The summed E-state index contributed by atoms with van der Waals surface area (Å²) in [5, 5.41) is 14.6. The van der Waals surface area contributed by atoms with Gasteiger partial charge in [0, 0.05) is 12.4 Å². The number of benzene rings is 2. The van der Waals surface area contributed by atoms with Gasteiger partial charge in [-0.2, -0.15) is 5.26 Å². The molecule has 0 atom stereocenters. The second-order valence-corrected chi connectivity index (χ2v) is 4.34. The topological polar surface area (TPSA) is 35.8 Å². The Bertz CT molecular complexity index is 808. The average molecular weight is 244 g/mol. The second kappa shape index (κ2) is 4.83. The zero-order valence-electron chi connectivity index (χ0n) is 10.3. The predicted octanol–water partition coefficient (Wildman–Crippen LogP) is 1.86. The number of hydrogen-bond acceptors (Lipinski definition) is 2. The van der Waals surface area contributed by atoms with Crippen LogP contribution >= 0.6 is 0 Å². The van der Waals surface area contributed by atoms with Crippen LogP contribution in [-0.4, -0.2) is 0 Å². The molecule has 1 aliphatic heterocycles. The number of nitrogens with zero attached hydrogens (tertiary/aromatic N) is 1. The number of rotatable bonds is 1. The molecule has 1 N–H and O–H groups in total. The van der Waals surface area contributed by atoms with Gasteiger partial charge >= 0.3 is 0 Å². The second-order valence-electron chi connectivity index (χ2n) is 4.34. The monoisotopic (exact) mass is 244 g/mol. The van der Waals surface area contributed by atoms with Crippen LogP contribution in [0.5, 0.6) is 0 Å². The summed E-state index contributed by atoms with van der Waals surface area (Å²) in [4.78, 5) is 0. The van der Waals surface area contributed by atoms with Gasteiger partial charge in [-0.1, -0.05) is 36.4 Å². The Morgan fingerprint density at radius 1 is 1.00 bits per heavy atom. The van der Waals surface area contributed by atoms with Gasteiger partial charge in [-0.3, -0.25) is 0 Å². The fraction of sp³-hybridized carbons (Fsp3) is 0. The highest BCUT2D eigenvalue weighted by molar-refractivity contribution is 5.70. The molecule has 0 saturated heterocycles. The van der Waals surface area contributed by atoms with Crippen molar-refractivity contribution in [3.8, 4) is 17.2 Å². The van der Waals surface area contributed by atoms with Crippen molar-refractivity contribution in [1.82, 2.24) is 5.32 Å². The highest BCUT2D eigenvalue weighted by atomic mass is 14.8. The molecule has 2 heteroatoms. The molecule has 0 aromatic heterocycles. The number of nitrogens with one attached hydrogen (secondary N) is 1. The molecular formula is C17H12N2. The zero-order valence-corrected chi connectivity index (χ0v) is 10.3. The third-order valence-corrected chi connectivity index (χ3v) is 3.15. The molecule has 0 radical (unpaired) electrons. The Labute approximate surface area is 111 Å². The third-order valence-electron chi connectivity index (χ3n) is 3.15. The predicted molar refractivity (Wildman–Crippen MR) is 77.0 cm³/mol. The molecule has 0 fully saturated rings. The van der Waals surface area contributed by atoms with E-state index in [4.69, 9.17) is 0 Å². The van der Waals surface area contributed by atoms with Crippen LogP contribution in [0.15, 0.2) is 54.7 Å². The zero-order chi connectivity index (χ0) is 13.1. The van der Waals surface area contributed by atoms with E-state index in [1.165, 1.54) is 5.22 Å². The van der Waals surface area contributed by atoms with E-state index >= 15 is 0 Å². The molecule has 3 rings (SSSR count). The molecular weight excluding hydrogens is 232 g/mol. The number of hydrogen-bond donors (Lipinski definition) is 1. The maximum absolute atomic E-state index is 9.18. The van der Waals surface area contributed by atoms with Gasteiger partial charge in [0.1, 0.15) is 0 Å². The first-order valence-electron chi connectivity index (χ1n) is 6.11. The van der Waals surface area contributed by atoms with Crippen LogP contribution in [0.3, 0.4) is 0 Å². The van der Waals surface area contributed by atoms with E-state index in [0.29, 0.717) is 5.56 Å². The van der Waals surface area contributed by atoms with Crippen molar-refractivity contribution >= 4 is 12.3 Å². The molecule has 2 aromatic carbocycles. The summed E-state index contributed by atoms with van der Waals surface area (Å²) in [6.07, 6.45) is 7.90. The van der Waals surface area contributed by atoms with Gasteiger partial charge in [0.05, 0.1) is 11.6 Å². The van der Waals surface area contributed by atoms with Crippen molar-refractivity contribution in [2.24, 2.45) is 0 Å². The number of allylic oxidation sites excluding steroid dienone is 1. The van der Waals surface area contributed by atoms with Crippen LogP contribution in [0.2, 0.25) is 0 Å². The minimum absolute atomic E-state index is 0.700. The van der Waals surface area contributed by atoms with E-state index < -0.39 is 0 Å². The Morgan fingerprint density at radius 3 is 2.79 bits per heavy atom. The molecule has 0 saturated carbocycles. The highest BCUT2D eigenvalue weighted by Crippen LogP contribution is 2.20. The van der Waals surface area contributed by atoms with Crippen molar-refractivity contribution < 1.29 is 0 Å². The molecule has 0 aliphatic carbocycles. The lowest BCUT2D eigenvalue weighted by Crippen LogP contribution is -2.25. The van der Waals surface area contributed by atoms with E-state index in [9.17, 15) is 5.26 Å². The molecule has 2 nitrogen and oxygen atoms in total. The fourth-order valence-electron chi connectivity index (χ4n) is 2.20. The van der Waals surface area contributed by atoms with Gasteiger partial charge < -0.3 is 5.32 Å². The van der Waals surface area contributed by atoms with Crippen molar-refractivity contribution in [3.05, 3.63) is 70.7 Å². The first kappa shape index (κ1) is 11.3. The summed E-state index contributed by atoms with van der Waals surface area (Å²) in [5.74, 6) is 0. The number of fused-ring (bicyclic) bond motifs is 1. The van der Waals surface area contributed by atoms with Gasteiger partial charge in [0.15, 0.2) is 0 Å². The minimum atomic E-state index is 0.700. The maximum Gasteiger partial charge on any atom is 0.0998 e. The molecule has 0 amide bonds. The van der Waals surface area contributed by atoms with Crippen LogP contribution in [0.25, 0.3) is 23.4 Å². The van der Waals surface area contributed by atoms with Crippen LogP contribution in [0.4, 0.5) is 0 Å². The van der Waals surface area contributed by atoms with Crippen molar-refractivity contribution in [2.45, 2.75) is 0 Å². The quantitative estimate of drug-likeness (QED) is 0.831. The highest BCUT2D eigenvalue weighted by Gasteiger charge is 2.03. The number of nitriles is 1. The lowest BCUT2D eigenvalue weighted by molar-refractivity contribution is 1.28. The first-order valence-corrected chi connectivity index (χ1v) is 6.11. The lowest BCUT2D eigenvalue weighted by Gasteiger charge is -2.04. The smallest absolute Gasteiger partial charge is 0.0998 e. The van der Waals surface area contributed by atoms with Crippen LogP contribution in [0.1, 0.15) is 5.56 Å². The van der Waals surface area contributed by atoms with Gasteiger partial charge in [0.25, 0.3) is 0 Å². The lowest BCUT2D eigenvalue weighted by atomic mass is 9.99. The van der Waals surface area contributed by atoms with Crippen molar-refractivity contribution in [1.29, 1.82) is 5.26 Å². The normalized spacial score (nSPS) is 12.2. The molecule has 2 aromatic rings. The SMILES string of the molecule is N#Cc1ccccc1-c1ccc2c(c1)=CNC=CC=2. The standard InChI is InChI=1S/C17H12N2/c18-11-15-4-1-2-6-17(15)14-8-7-13-5-3-9-19-12-16(13)10-14/h1-10,12,19H. The van der Waals surface area contributed by atoms with E-state index in [1.807, 2.05) is 42.7 Å². The van der Waals surface area contributed by atoms with Crippen molar-refractivity contribution in [3.63, 3.8) is 0 Å². The largest absolute Gasteiger partial charge is 0.367 e. The molecule has 0 spiro atoms. The summed E-state index contributed by atoms with van der Waals surface area (Å²) >= 11 is 0. The molecule has 90 valence electrons. The summed E-state index contributed by atoms with van der Waals surface area (Å²) in [5.41, 5.74) is 2.73. The molecule has 0 unspecified atom stereocenters. The Morgan fingerprint density at radius 2 is 1.89 bits per heavy atom. The summed E-state index contributed by atoms with van der Waals surface area (Å²) in [6.45, 7) is 0. The van der Waals surface area contributed by atoms with Gasteiger partial charge in [-0.05, 0) is 39.8 Å². The average Bonchev–Trinajstić information content (AvgIpc) is 2.71. The summed E-state index contributed by atoms with van der Waals surface area (Å²) in [7, 11) is 0. The van der Waals surface area contributed by atoms with Gasteiger partial charge in [-0.25, -0.2) is 0 Å². The Balaban J connectivity index is 2.22. The summed E-state index contributed by atoms with van der Waals surface area (Å²) < 4.78 is 0. The van der Waals surface area contributed by atoms with E-state index in [1.54, 1.807) is 0 Å². The molecule has 19 heavy (non-hydrogen) atoms. The molecule has 0 bridgehead atoms. The molecule has 1 aliphatic rings. The fourth-order valence-corrected chi connectivity index (χ4v) is 2.20. The van der Waals surface area contributed by atoms with Gasteiger partial charge in [0.2, 0.25) is 0 Å². The van der Waals surface area contributed by atoms with Crippen LogP contribution in [-0.2, 0) is 0 Å². The summed E-state index contributed by atoms with van der Waals surface area (Å²) in [6, 6.07) is 16.1. The molecule has 1 heterocycles. The van der Waals surface area contributed by atoms with E-state index in [-0.39, 0.29) is 0 Å². The van der Waals surface area contributed by atoms with E-state index in [2.05, 4.69) is 35.7 Å². The van der Waals surface area contributed by atoms with Crippen molar-refractivity contribution in [2.75, 3.05) is 0 Å². The maximum atomic E-state index is 9.18. The third kappa shape index (κ3) is 2.14. The minimum Gasteiger partial charge on any atom is -0.367 e. The first-order chi connectivity index (χ1) is 9.38. The van der Waals surface area contributed by atoms with Crippen LogP contribution < -0.4 is 15.8 Å².